The Labute approximate surface area is 276 Å². The van der Waals surface area contributed by atoms with Crippen LogP contribution in [-0.2, 0) is 21.7 Å². The van der Waals surface area contributed by atoms with Gasteiger partial charge in [-0.25, -0.2) is 4.79 Å². The summed E-state index contributed by atoms with van der Waals surface area (Å²) in [4.78, 5) is 38.0. The predicted octanol–water partition coefficient (Wildman–Crippen LogP) is 7.65. The maximum atomic E-state index is 14.8. The Morgan fingerprint density at radius 2 is 1.78 bits per heavy atom. The first-order valence-electron chi connectivity index (χ1n) is 14.5. The van der Waals surface area contributed by atoms with Gasteiger partial charge in [-0.1, -0.05) is 103 Å². The third-order valence-corrected chi connectivity index (χ3v) is 8.33. The lowest BCUT2D eigenvalue weighted by atomic mass is 9.75. The third-order valence-electron chi connectivity index (χ3n) is 7.47. The second-order valence-corrected chi connectivity index (χ2v) is 13.4. The van der Waals surface area contributed by atoms with E-state index in [2.05, 4.69) is 31.2 Å². The zero-order valence-electron chi connectivity index (χ0n) is 25.2. The molecule has 4 aromatic rings. The molecule has 0 bridgehead atoms. The van der Waals surface area contributed by atoms with Gasteiger partial charge in [0.1, 0.15) is 12.1 Å². The molecule has 5 rings (SSSR count). The highest BCUT2D eigenvalue weighted by Crippen LogP contribution is 2.43. The van der Waals surface area contributed by atoms with Crippen LogP contribution in [-0.4, -0.2) is 39.6 Å². The molecule has 1 aromatic heterocycles. The van der Waals surface area contributed by atoms with Gasteiger partial charge in [-0.3, -0.25) is 14.7 Å². The molecule has 8 nitrogen and oxygen atoms in total. The molecule has 0 radical (unpaired) electrons. The molecule has 45 heavy (non-hydrogen) atoms. The van der Waals surface area contributed by atoms with E-state index in [0.29, 0.717) is 33.8 Å². The summed E-state index contributed by atoms with van der Waals surface area (Å²) in [5, 5.41) is 14.7. The molecule has 0 unspecified atom stereocenters. The smallest absolute Gasteiger partial charge is 0.437 e. The van der Waals surface area contributed by atoms with Crippen molar-refractivity contribution < 1.29 is 19.4 Å². The standard InChI is InChI=1S/C35H34BrClN4O4/c1-34(2,3)22-35(25-13-15-26(36)16-14-25)31(43)41(32(40-35)39-33(44)45-21-23-9-5-4-6-10-23)30(20-42)24-12-17-28(37)27(19-24)29-11-7-8-18-38-29/h4-19,30,42H,20-22H2,1-3H3,(H,39,40,44)/t30-,35-/m1/s1. The summed E-state index contributed by atoms with van der Waals surface area (Å²) in [6.07, 6.45) is 1.16. The molecular formula is C35H34BrClN4O4. The van der Waals surface area contributed by atoms with E-state index in [-0.39, 0.29) is 23.9 Å². The van der Waals surface area contributed by atoms with Crippen molar-refractivity contribution in [3.63, 3.8) is 0 Å². The van der Waals surface area contributed by atoms with Crippen LogP contribution in [0.1, 0.15) is 49.9 Å². The summed E-state index contributed by atoms with van der Waals surface area (Å²) in [6.45, 7) is 5.67. The highest BCUT2D eigenvalue weighted by molar-refractivity contribution is 9.10. The van der Waals surface area contributed by atoms with E-state index in [1.54, 1.807) is 24.4 Å². The first kappa shape index (κ1) is 32.3. The Balaban J connectivity index is 1.61. The average Bonchev–Trinajstić information content (AvgIpc) is 3.28. The summed E-state index contributed by atoms with van der Waals surface area (Å²) in [6, 6.07) is 26.6. The summed E-state index contributed by atoms with van der Waals surface area (Å²) in [5.41, 5.74) is 1.75. The Kier molecular flexibility index (Phi) is 9.72. The molecule has 10 heteroatoms. The van der Waals surface area contributed by atoms with Crippen LogP contribution in [0.5, 0.6) is 0 Å². The highest BCUT2D eigenvalue weighted by Gasteiger charge is 2.55. The Bertz CT molecular complexity index is 1690. The number of guanidine groups is 1. The van der Waals surface area contributed by atoms with E-state index in [1.807, 2.05) is 93.6 Å². The lowest BCUT2D eigenvalue weighted by Gasteiger charge is -2.34. The number of amides is 2. The number of aromatic nitrogens is 1. The van der Waals surface area contributed by atoms with Crippen LogP contribution in [0.25, 0.3) is 11.3 Å². The largest absolute Gasteiger partial charge is 0.443 e. The minimum absolute atomic E-state index is 0.0122. The molecule has 1 aliphatic rings. The summed E-state index contributed by atoms with van der Waals surface area (Å²) in [5.74, 6) is -0.374. The van der Waals surface area contributed by atoms with Crippen LogP contribution in [0.4, 0.5) is 4.79 Å². The lowest BCUT2D eigenvalue weighted by Crippen LogP contribution is -2.47. The molecule has 3 aromatic carbocycles. The third kappa shape index (κ3) is 7.27. The van der Waals surface area contributed by atoms with Crippen molar-refractivity contribution in [2.75, 3.05) is 6.61 Å². The van der Waals surface area contributed by atoms with Crippen LogP contribution in [0.3, 0.4) is 0 Å². The fraction of sp³-hybridized carbons (Fsp3) is 0.257. The summed E-state index contributed by atoms with van der Waals surface area (Å²) >= 11 is 10.1. The predicted molar refractivity (Wildman–Crippen MR) is 178 cm³/mol. The number of aliphatic hydroxyl groups excluding tert-OH is 1. The lowest BCUT2D eigenvalue weighted by molar-refractivity contribution is -0.134. The van der Waals surface area contributed by atoms with E-state index in [4.69, 9.17) is 16.3 Å². The highest BCUT2D eigenvalue weighted by atomic mass is 79.9. The van der Waals surface area contributed by atoms with Crippen molar-refractivity contribution in [1.29, 1.82) is 0 Å². The number of halogens is 2. The van der Waals surface area contributed by atoms with Gasteiger partial charge in [0.25, 0.3) is 5.91 Å². The average molecular weight is 690 g/mol. The summed E-state index contributed by atoms with van der Waals surface area (Å²) < 4.78 is 6.33. The molecule has 0 saturated carbocycles. The molecule has 0 spiro atoms. The number of aliphatic imine (C=N–C) groups is 1. The second kappa shape index (κ2) is 13.5. The first-order chi connectivity index (χ1) is 21.5. The number of benzene rings is 3. The minimum Gasteiger partial charge on any atom is -0.443 e. The van der Waals surface area contributed by atoms with Crippen LogP contribution in [0, 0.1) is 5.41 Å². The van der Waals surface area contributed by atoms with Crippen LogP contribution in [0.2, 0.25) is 5.02 Å². The van der Waals surface area contributed by atoms with Crippen molar-refractivity contribution in [3.8, 4) is 11.3 Å². The van der Waals surface area contributed by atoms with Gasteiger partial charge in [-0.05, 0) is 64.9 Å². The second-order valence-electron chi connectivity index (χ2n) is 12.1. The molecular weight excluding hydrogens is 656 g/mol. The van der Waals surface area contributed by atoms with Gasteiger partial charge in [-0.2, -0.15) is 0 Å². The van der Waals surface area contributed by atoms with Gasteiger partial charge >= 0.3 is 6.09 Å². The fourth-order valence-corrected chi connectivity index (χ4v) is 6.05. The van der Waals surface area contributed by atoms with E-state index >= 15 is 0 Å². The molecule has 232 valence electrons. The number of aliphatic hydroxyl groups is 1. The van der Waals surface area contributed by atoms with Crippen LogP contribution < -0.4 is 5.32 Å². The van der Waals surface area contributed by atoms with E-state index in [9.17, 15) is 14.7 Å². The van der Waals surface area contributed by atoms with E-state index in [0.717, 1.165) is 10.0 Å². The topological polar surface area (TPSA) is 104 Å². The summed E-state index contributed by atoms with van der Waals surface area (Å²) in [7, 11) is 0. The Hall–Kier alpha value is -4.05. The SMILES string of the molecule is CC(C)(C)C[C@]1(c2ccc(Br)cc2)NC(=NC(=O)OCc2ccccc2)N([C@H](CO)c2ccc(Cl)c(-c3ccccn3)c2)C1=O. The number of carbonyl (C=O) groups is 2. The first-order valence-corrected chi connectivity index (χ1v) is 15.7. The number of hydrogen-bond donors (Lipinski definition) is 2. The molecule has 2 heterocycles. The molecule has 2 atom stereocenters. The molecule has 2 N–H and O–H groups in total. The molecule has 1 saturated heterocycles. The van der Waals surface area contributed by atoms with Gasteiger partial charge in [0.15, 0.2) is 0 Å². The minimum atomic E-state index is -1.29. The normalized spacial score (nSPS) is 18.1. The Morgan fingerprint density at radius 1 is 1.07 bits per heavy atom. The van der Waals surface area contributed by atoms with Gasteiger partial charge < -0.3 is 15.2 Å². The number of nitrogens with one attached hydrogen (secondary N) is 1. The molecule has 0 aliphatic carbocycles. The van der Waals surface area contributed by atoms with Crippen molar-refractivity contribution >= 4 is 45.5 Å². The number of nitrogens with zero attached hydrogens (tertiary/aromatic N) is 3. The van der Waals surface area contributed by atoms with Crippen molar-refractivity contribution in [2.24, 2.45) is 10.4 Å². The van der Waals surface area contributed by atoms with Gasteiger partial charge in [0.05, 0.1) is 18.3 Å². The zero-order chi connectivity index (χ0) is 32.2. The van der Waals surface area contributed by atoms with Crippen molar-refractivity contribution in [3.05, 3.63) is 123 Å². The number of pyridine rings is 1. The van der Waals surface area contributed by atoms with Crippen LogP contribution >= 0.6 is 27.5 Å². The molecule has 1 fully saturated rings. The monoisotopic (exact) mass is 688 g/mol. The van der Waals surface area contributed by atoms with Gasteiger partial charge in [0.2, 0.25) is 5.96 Å². The molecule has 1 aliphatic heterocycles. The maximum absolute atomic E-state index is 14.8. The van der Waals surface area contributed by atoms with E-state index in [1.165, 1.54) is 4.90 Å². The quantitative estimate of drug-likeness (QED) is 0.197. The number of carbonyl (C=O) groups excluding carboxylic acids is 2. The zero-order valence-corrected chi connectivity index (χ0v) is 27.5. The van der Waals surface area contributed by atoms with Crippen molar-refractivity contribution in [1.82, 2.24) is 15.2 Å². The van der Waals surface area contributed by atoms with Gasteiger partial charge in [0, 0.05) is 21.3 Å². The van der Waals surface area contributed by atoms with Gasteiger partial charge in [-0.15, -0.1) is 4.99 Å². The number of rotatable bonds is 8. The fourth-order valence-electron chi connectivity index (χ4n) is 5.57. The van der Waals surface area contributed by atoms with Crippen molar-refractivity contribution in [2.45, 2.75) is 45.4 Å². The molecule has 2 amide bonds. The van der Waals surface area contributed by atoms with Crippen LogP contribution in [0.15, 0.2) is 107 Å². The van der Waals surface area contributed by atoms with E-state index < -0.39 is 24.3 Å². The number of hydrogen-bond acceptors (Lipinski definition) is 5. The maximum Gasteiger partial charge on any atom is 0.437 e. The Morgan fingerprint density at radius 3 is 2.42 bits per heavy atom. The number of ether oxygens (including phenoxy) is 1.